The largest absolute Gasteiger partial charge is 0.370 e. The number of rotatable bonds is 4. The van der Waals surface area contributed by atoms with Gasteiger partial charge in [-0.2, -0.15) is 0 Å². The van der Waals surface area contributed by atoms with E-state index in [0.29, 0.717) is 17.9 Å². The molecule has 2 aliphatic carbocycles. The van der Waals surface area contributed by atoms with Crippen LogP contribution >= 0.6 is 24.0 Å². The summed E-state index contributed by atoms with van der Waals surface area (Å²) in [7, 11) is 0. The van der Waals surface area contributed by atoms with Crippen molar-refractivity contribution in [3.05, 3.63) is 35.9 Å². The SMILES string of the molecule is I.NC(=NCC1CCC1)NC1CC(c2ccccc2)C1. The first-order chi connectivity index (χ1) is 9.31. The highest BCUT2D eigenvalue weighted by Gasteiger charge is 2.30. The van der Waals surface area contributed by atoms with E-state index in [1.54, 1.807) is 0 Å². The molecule has 4 heteroatoms. The number of nitrogens with zero attached hydrogens (tertiary/aromatic N) is 1. The van der Waals surface area contributed by atoms with Crippen molar-refractivity contribution in [1.82, 2.24) is 5.32 Å². The summed E-state index contributed by atoms with van der Waals surface area (Å²) in [6.07, 6.45) is 6.37. The van der Waals surface area contributed by atoms with Gasteiger partial charge in [0, 0.05) is 12.6 Å². The molecule has 0 radical (unpaired) electrons. The normalized spacial score (nSPS) is 26.1. The topological polar surface area (TPSA) is 50.4 Å². The Morgan fingerprint density at radius 2 is 1.90 bits per heavy atom. The van der Waals surface area contributed by atoms with Crippen LogP contribution < -0.4 is 11.1 Å². The fraction of sp³-hybridized carbons (Fsp3) is 0.562. The minimum atomic E-state index is 0. The fourth-order valence-electron chi connectivity index (χ4n) is 2.89. The first-order valence-corrected chi connectivity index (χ1v) is 7.42. The van der Waals surface area contributed by atoms with Crippen molar-refractivity contribution in [2.75, 3.05) is 6.54 Å². The first kappa shape index (κ1) is 15.6. The van der Waals surface area contributed by atoms with Gasteiger partial charge in [0.15, 0.2) is 5.96 Å². The summed E-state index contributed by atoms with van der Waals surface area (Å²) in [5.74, 6) is 2.13. The summed E-state index contributed by atoms with van der Waals surface area (Å²) < 4.78 is 0. The van der Waals surface area contributed by atoms with E-state index in [1.807, 2.05) is 0 Å². The minimum Gasteiger partial charge on any atom is -0.370 e. The summed E-state index contributed by atoms with van der Waals surface area (Å²) in [6, 6.07) is 11.2. The average Bonchev–Trinajstić information content (AvgIpc) is 2.32. The van der Waals surface area contributed by atoms with Crippen LogP contribution in [-0.4, -0.2) is 18.5 Å². The molecule has 0 bridgehead atoms. The Kier molecular flexibility index (Phi) is 5.69. The molecule has 1 aromatic rings. The van der Waals surface area contributed by atoms with E-state index in [2.05, 4.69) is 40.6 Å². The van der Waals surface area contributed by atoms with Crippen LogP contribution in [-0.2, 0) is 0 Å². The molecule has 110 valence electrons. The number of hydrogen-bond donors (Lipinski definition) is 2. The van der Waals surface area contributed by atoms with Crippen LogP contribution in [0.25, 0.3) is 0 Å². The molecule has 1 aromatic carbocycles. The maximum Gasteiger partial charge on any atom is 0.188 e. The van der Waals surface area contributed by atoms with Crippen LogP contribution in [0.1, 0.15) is 43.6 Å². The number of benzene rings is 1. The lowest BCUT2D eigenvalue weighted by atomic mass is 9.76. The van der Waals surface area contributed by atoms with Crippen LogP contribution in [0.5, 0.6) is 0 Å². The summed E-state index contributed by atoms with van der Waals surface area (Å²) in [6.45, 7) is 0.910. The van der Waals surface area contributed by atoms with Gasteiger partial charge < -0.3 is 11.1 Å². The second-order valence-electron chi connectivity index (χ2n) is 5.94. The second-order valence-corrected chi connectivity index (χ2v) is 5.94. The van der Waals surface area contributed by atoms with Crippen molar-refractivity contribution in [3.63, 3.8) is 0 Å². The third-order valence-corrected chi connectivity index (χ3v) is 4.51. The molecule has 2 fully saturated rings. The van der Waals surface area contributed by atoms with Crippen molar-refractivity contribution < 1.29 is 0 Å². The molecule has 0 spiro atoms. The molecule has 0 heterocycles. The van der Waals surface area contributed by atoms with Gasteiger partial charge in [0.1, 0.15) is 0 Å². The maximum atomic E-state index is 5.93. The number of halogens is 1. The molecular weight excluding hydrogens is 361 g/mol. The third kappa shape index (κ3) is 3.87. The van der Waals surface area contributed by atoms with E-state index in [4.69, 9.17) is 5.73 Å². The van der Waals surface area contributed by atoms with Crippen molar-refractivity contribution >= 4 is 29.9 Å². The van der Waals surface area contributed by atoms with Gasteiger partial charge in [-0.25, -0.2) is 0 Å². The molecule has 0 amide bonds. The molecule has 2 aliphatic rings. The fourth-order valence-corrected chi connectivity index (χ4v) is 2.89. The van der Waals surface area contributed by atoms with E-state index >= 15 is 0 Å². The van der Waals surface area contributed by atoms with Gasteiger partial charge in [-0.05, 0) is 43.1 Å². The summed E-state index contributed by atoms with van der Waals surface area (Å²) >= 11 is 0. The van der Waals surface area contributed by atoms with E-state index < -0.39 is 0 Å². The lowest BCUT2D eigenvalue weighted by molar-refractivity contribution is 0.317. The smallest absolute Gasteiger partial charge is 0.188 e. The molecule has 3 rings (SSSR count). The van der Waals surface area contributed by atoms with Gasteiger partial charge >= 0.3 is 0 Å². The number of aliphatic imine (C=N–C) groups is 1. The Hall–Kier alpha value is -0.780. The average molecular weight is 385 g/mol. The lowest BCUT2D eigenvalue weighted by Crippen LogP contribution is -2.46. The Morgan fingerprint density at radius 1 is 1.20 bits per heavy atom. The predicted octanol–water partition coefficient (Wildman–Crippen LogP) is 3.26. The van der Waals surface area contributed by atoms with Gasteiger partial charge in [-0.15, -0.1) is 24.0 Å². The molecule has 0 saturated heterocycles. The quantitative estimate of drug-likeness (QED) is 0.475. The molecule has 0 unspecified atom stereocenters. The standard InChI is InChI=1S/C16H23N3.HI/c17-16(18-11-12-5-4-6-12)19-15-9-14(10-15)13-7-2-1-3-8-13;/h1-3,7-8,12,14-15H,4-6,9-11H2,(H3,17,18,19);1H. The first-order valence-electron chi connectivity index (χ1n) is 7.42. The van der Waals surface area contributed by atoms with Crippen LogP contribution in [0.4, 0.5) is 0 Å². The van der Waals surface area contributed by atoms with Crippen molar-refractivity contribution in [1.29, 1.82) is 0 Å². The van der Waals surface area contributed by atoms with Gasteiger partial charge in [0.05, 0.1) is 0 Å². The number of nitrogens with one attached hydrogen (secondary N) is 1. The van der Waals surface area contributed by atoms with Gasteiger partial charge in [0.25, 0.3) is 0 Å². The Labute approximate surface area is 138 Å². The van der Waals surface area contributed by atoms with E-state index in [1.165, 1.54) is 37.7 Å². The van der Waals surface area contributed by atoms with Gasteiger partial charge in [-0.3, -0.25) is 4.99 Å². The zero-order chi connectivity index (χ0) is 13.1. The second kappa shape index (κ2) is 7.29. The summed E-state index contributed by atoms with van der Waals surface area (Å²) in [5, 5.41) is 3.35. The van der Waals surface area contributed by atoms with E-state index in [9.17, 15) is 0 Å². The zero-order valence-corrected chi connectivity index (χ0v) is 14.1. The molecule has 0 aliphatic heterocycles. The van der Waals surface area contributed by atoms with Gasteiger partial charge in [-0.1, -0.05) is 36.8 Å². The van der Waals surface area contributed by atoms with Gasteiger partial charge in [0.2, 0.25) is 0 Å². The van der Waals surface area contributed by atoms with Crippen LogP contribution in [0.15, 0.2) is 35.3 Å². The third-order valence-electron chi connectivity index (χ3n) is 4.51. The monoisotopic (exact) mass is 385 g/mol. The number of nitrogens with two attached hydrogens (primary N) is 1. The molecule has 2 saturated carbocycles. The van der Waals surface area contributed by atoms with Crippen LogP contribution in [0.2, 0.25) is 0 Å². The van der Waals surface area contributed by atoms with Crippen molar-refractivity contribution in [2.45, 2.75) is 44.1 Å². The highest BCUT2D eigenvalue weighted by Crippen LogP contribution is 2.36. The molecule has 3 N–H and O–H groups in total. The number of guanidine groups is 1. The zero-order valence-electron chi connectivity index (χ0n) is 11.8. The maximum absolute atomic E-state index is 5.93. The van der Waals surface area contributed by atoms with E-state index in [-0.39, 0.29) is 24.0 Å². The summed E-state index contributed by atoms with van der Waals surface area (Å²) in [5.41, 5.74) is 7.38. The molecule has 0 aromatic heterocycles. The predicted molar refractivity (Wildman–Crippen MR) is 94.6 cm³/mol. The molecular formula is C16H24IN3. The molecule has 0 atom stereocenters. The highest BCUT2D eigenvalue weighted by atomic mass is 127. The lowest BCUT2D eigenvalue weighted by Gasteiger charge is -2.36. The molecule has 20 heavy (non-hydrogen) atoms. The Bertz CT molecular complexity index is 436. The molecule has 3 nitrogen and oxygen atoms in total. The summed E-state index contributed by atoms with van der Waals surface area (Å²) in [4.78, 5) is 4.45. The van der Waals surface area contributed by atoms with Crippen LogP contribution in [0, 0.1) is 5.92 Å². The Morgan fingerprint density at radius 3 is 2.50 bits per heavy atom. The number of hydrogen-bond acceptors (Lipinski definition) is 1. The van der Waals surface area contributed by atoms with Crippen molar-refractivity contribution in [3.8, 4) is 0 Å². The van der Waals surface area contributed by atoms with Crippen LogP contribution in [0.3, 0.4) is 0 Å². The minimum absolute atomic E-state index is 0. The Balaban J connectivity index is 0.00000147. The van der Waals surface area contributed by atoms with E-state index in [0.717, 1.165) is 12.5 Å². The highest BCUT2D eigenvalue weighted by molar-refractivity contribution is 14.0. The van der Waals surface area contributed by atoms with Crippen molar-refractivity contribution in [2.24, 2.45) is 16.6 Å².